The first-order valence-corrected chi connectivity index (χ1v) is 12.0. The molecule has 1 amide bonds. The number of benzene rings is 1. The van der Waals surface area contributed by atoms with Crippen LogP contribution in [-0.4, -0.2) is 84.1 Å². The Labute approximate surface area is 197 Å². The van der Waals surface area contributed by atoms with Gasteiger partial charge in [-0.15, -0.1) is 5.10 Å². The molecule has 0 bridgehead atoms. The normalized spacial score (nSPS) is 15.7. The van der Waals surface area contributed by atoms with Gasteiger partial charge in [-0.1, -0.05) is 17.3 Å². The number of ether oxygens (including phenoxy) is 2. The number of rotatable bonds is 12. The number of nitrogens with zero attached hydrogens (tertiary/aromatic N) is 5. The van der Waals surface area contributed by atoms with E-state index in [1.165, 1.54) is 11.3 Å². The Balaban J connectivity index is 1.39. The molecule has 182 valence electrons. The van der Waals surface area contributed by atoms with Crippen molar-refractivity contribution in [3.05, 3.63) is 41.7 Å². The lowest BCUT2D eigenvalue weighted by Crippen LogP contribution is -2.47. The Kier molecular flexibility index (Phi) is 9.65. The van der Waals surface area contributed by atoms with Crippen molar-refractivity contribution in [2.75, 3.05) is 50.8 Å². The van der Waals surface area contributed by atoms with Crippen LogP contribution in [0.2, 0.25) is 0 Å². The van der Waals surface area contributed by atoms with Crippen LogP contribution in [0.15, 0.2) is 30.5 Å². The van der Waals surface area contributed by atoms with E-state index in [-0.39, 0.29) is 11.9 Å². The van der Waals surface area contributed by atoms with Crippen LogP contribution in [0, 0.1) is 6.92 Å². The van der Waals surface area contributed by atoms with Crippen LogP contribution in [0.25, 0.3) is 0 Å². The van der Waals surface area contributed by atoms with Gasteiger partial charge in [-0.05, 0) is 51.8 Å². The third kappa shape index (κ3) is 7.80. The molecular formula is C24H38N6O3. The van der Waals surface area contributed by atoms with E-state index in [4.69, 9.17) is 9.47 Å². The summed E-state index contributed by atoms with van der Waals surface area (Å²) in [5.41, 5.74) is 2.90. The molecule has 1 unspecified atom stereocenters. The van der Waals surface area contributed by atoms with Crippen molar-refractivity contribution in [1.82, 2.24) is 25.2 Å². The summed E-state index contributed by atoms with van der Waals surface area (Å²) < 4.78 is 12.6. The van der Waals surface area contributed by atoms with Gasteiger partial charge in [0.25, 0.3) is 5.91 Å². The molecule has 3 rings (SSSR count). The minimum atomic E-state index is -0.400. The SMILES string of the molecule is CCOC(Cn1cc(C(=O)NC(C)CCN2CCN(c3cccc(C)c3)CC2)nn1)OCC. The maximum atomic E-state index is 12.6. The second kappa shape index (κ2) is 12.7. The first-order chi connectivity index (χ1) is 16.0. The van der Waals surface area contributed by atoms with Crippen LogP contribution in [0.1, 0.15) is 43.2 Å². The molecule has 1 saturated heterocycles. The molecule has 33 heavy (non-hydrogen) atoms. The number of carbonyl (C=O) groups is 1. The zero-order chi connectivity index (χ0) is 23.6. The van der Waals surface area contributed by atoms with Crippen molar-refractivity contribution >= 4 is 11.6 Å². The van der Waals surface area contributed by atoms with E-state index in [9.17, 15) is 4.79 Å². The van der Waals surface area contributed by atoms with E-state index in [0.29, 0.717) is 25.5 Å². The maximum Gasteiger partial charge on any atom is 0.273 e. The fourth-order valence-electron chi connectivity index (χ4n) is 3.97. The van der Waals surface area contributed by atoms with Gasteiger partial charge in [0.2, 0.25) is 0 Å². The Morgan fingerprint density at radius 3 is 2.55 bits per heavy atom. The Morgan fingerprint density at radius 1 is 1.15 bits per heavy atom. The summed E-state index contributed by atoms with van der Waals surface area (Å²) in [6, 6.07) is 8.74. The molecule has 0 aliphatic carbocycles. The zero-order valence-electron chi connectivity index (χ0n) is 20.4. The van der Waals surface area contributed by atoms with E-state index < -0.39 is 6.29 Å². The molecule has 1 aromatic carbocycles. The van der Waals surface area contributed by atoms with Gasteiger partial charge < -0.3 is 19.7 Å². The van der Waals surface area contributed by atoms with Crippen LogP contribution in [0.3, 0.4) is 0 Å². The molecular weight excluding hydrogens is 420 g/mol. The first-order valence-electron chi connectivity index (χ1n) is 12.0. The lowest BCUT2D eigenvalue weighted by molar-refractivity contribution is -0.145. The number of amides is 1. The molecule has 1 aromatic heterocycles. The van der Waals surface area contributed by atoms with Gasteiger partial charge in [0.1, 0.15) is 0 Å². The molecule has 1 aliphatic heterocycles. The van der Waals surface area contributed by atoms with Crippen LogP contribution in [0.5, 0.6) is 0 Å². The van der Waals surface area contributed by atoms with Gasteiger partial charge >= 0.3 is 0 Å². The van der Waals surface area contributed by atoms with E-state index in [1.54, 1.807) is 10.9 Å². The Hall–Kier alpha value is -2.49. The summed E-state index contributed by atoms with van der Waals surface area (Å²) in [6.45, 7) is 14.6. The van der Waals surface area contributed by atoms with Gasteiger partial charge in [0.15, 0.2) is 12.0 Å². The highest BCUT2D eigenvalue weighted by Gasteiger charge is 2.19. The third-order valence-electron chi connectivity index (χ3n) is 5.81. The molecule has 1 atom stereocenters. The summed E-state index contributed by atoms with van der Waals surface area (Å²) in [6.07, 6.45) is 2.13. The van der Waals surface area contributed by atoms with Crippen molar-refractivity contribution in [3.8, 4) is 0 Å². The zero-order valence-corrected chi connectivity index (χ0v) is 20.4. The predicted octanol–water partition coefficient (Wildman–Crippen LogP) is 2.32. The highest BCUT2D eigenvalue weighted by Crippen LogP contribution is 2.18. The number of carbonyl (C=O) groups excluding carboxylic acids is 1. The summed E-state index contributed by atoms with van der Waals surface area (Å²) in [5, 5.41) is 11.1. The van der Waals surface area contributed by atoms with Gasteiger partial charge in [-0.3, -0.25) is 9.69 Å². The molecule has 0 spiro atoms. The van der Waals surface area contributed by atoms with Crippen LogP contribution in [0.4, 0.5) is 5.69 Å². The van der Waals surface area contributed by atoms with Gasteiger partial charge in [0, 0.05) is 57.7 Å². The largest absolute Gasteiger partial charge is 0.369 e. The van der Waals surface area contributed by atoms with E-state index >= 15 is 0 Å². The van der Waals surface area contributed by atoms with Crippen LogP contribution in [-0.2, 0) is 16.0 Å². The quantitative estimate of drug-likeness (QED) is 0.489. The number of anilines is 1. The van der Waals surface area contributed by atoms with Gasteiger partial charge in [-0.2, -0.15) is 0 Å². The second-order valence-corrected chi connectivity index (χ2v) is 8.50. The van der Waals surface area contributed by atoms with Crippen molar-refractivity contribution in [2.45, 2.75) is 53.0 Å². The van der Waals surface area contributed by atoms with Gasteiger partial charge in [-0.25, -0.2) is 4.68 Å². The molecule has 1 fully saturated rings. The maximum absolute atomic E-state index is 12.6. The minimum absolute atomic E-state index is 0.0528. The fourth-order valence-corrected chi connectivity index (χ4v) is 3.97. The number of aromatic nitrogens is 3. The van der Waals surface area contributed by atoms with Crippen molar-refractivity contribution in [2.24, 2.45) is 0 Å². The minimum Gasteiger partial charge on any atom is -0.369 e. The molecule has 0 radical (unpaired) electrons. The van der Waals surface area contributed by atoms with Gasteiger partial charge in [0.05, 0.1) is 12.7 Å². The highest BCUT2D eigenvalue weighted by atomic mass is 16.7. The molecule has 2 heterocycles. The number of hydrogen-bond acceptors (Lipinski definition) is 7. The van der Waals surface area contributed by atoms with Crippen LogP contribution >= 0.6 is 0 Å². The molecule has 1 N–H and O–H groups in total. The third-order valence-corrected chi connectivity index (χ3v) is 5.81. The Morgan fingerprint density at radius 2 is 1.88 bits per heavy atom. The van der Waals surface area contributed by atoms with Crippen LogP contribution < -0.4 is 10.2 Å². The first kappa shape index (κ1) is 25.1. The second-order valence-electron chi connectivity index (χ2n) is 8.50. The predicted molar refractivity (Wildman–Crippen MR) is 128 cm³/mol. The average Bonchev–Trinajstić information content (AvgIpc) is 3.27. The number of piperazine rings is 1. The highest BCUT2D eigenvalue weighted by molar-refractivity contribution is 5.92. The van der Waals surface area contributed by atoms with E-state index in [0.717, 1.165) is 39.1 Å². The molecule has 9 heteroatoms. The molecule has 2 aromatic rings. The Bertz CT molecular complexity index is 859. The van der Waals surface area contributed by atoms with E-state index in [2.05, 4.69) is 56.6 Å². The summed E-state index contributed by atoms with van der Waals surface area (Å²) in [7, 11) is 0. The smallest absolute Gasteiger partial charge is 0.273 e. The molecule has 1 aliphatic rings. The fraction of sp³-hybridized carbons (Fsp3) is 0.625. The number of aryl methyl sites for hydroxylation is 1. The molecule has 0 saturated carbocycles. The standard InChI is InChI=1S/C24H38N6O3/c1-5-32-23(33-6-2)18-30-17-22(26-27-30)24(31)25-20(4)10-11-28-12-14-29(15-13-28)21-9-7-8-19(3)16-21/h7-9,16-17,20,23H,5-6,10-15,18H2,1-4H3,(H,25,31). The lowest BCUT2D eigenvalue weighted by Gasteiger charge is -2.36. The monoisotopic (exact) mass is 458 g/mol. The van der Waals surface area contributed by atoms with Crippen molar-refractivity contribution in [3.63, 3.8) is 0 Å². The van der Waals surface area contributed by atoms with Crippen molar-refractivity contribution < 1.29 is 14.3 Å². The average molecular weight is 459 g/mol. The van der Waals surface area contributed by atoms with E-state index in [1.807, 2.05) is 20.8 Å². The lowest BCUT2D eigenvalue weighted by atomic mass is 10.1. The van der Waals surface area contributed by atoms with Crippen molar-refractivity contribution in [1.29, 1.82) is 0 Å². The topological polar surface area (TPSA) is 84.8 Å². The summed E-state index contributed by atoms with van der Waals surface area (Å²) in [5.74, 6) is -0.206. The number of nitrogens with one attached hydrogen (secondary N) is 1. The molecule has 9 nitrogen and oxygen atoms in total. The summed E-state index contributed by atoms with van der Waals surface area (Å²) >= 11 is 0. The summed E-state index contributed by atoms with van der Waals surface area (Å²) in [4.78, 5) is 17.5. The number of hydrogen-bond donors (Lipinski definition) is 1.